The van der Waals surface area contributed by atoms with E-state index in [1.54, 1.807) is 14.1 Å². The zero-order chi connectivity index (χ0) is 15.6. The molecule has 2 rings (SSSR count). The van der Waals surface area contributed by atoms with Crippen LogP contribution in [0.4, 0.5) is 0 Å². The molecule has 0 amide bonds. The summed E-state index contributed by atoms with van der Waals surface area (Å²) in [6.07, 6.45) is 3.82. The monoisotopic (exact) mass is 382 g/mol. The second-order valence-corrected chi connectivity index (χ2v) is 6.27. The third kappa shape index (κ3) is 5.79. The van der Waals surface area contributed by atoms with Crippen molar-refractivity contribution in [3.8, 4) is 0 Å². The Morgan fingerprint density at radius 1 is 0.909 bits per heavy atom. The largest absolute Gasteiger partial charge is 2.00 e. The summed E-state index contributed by atoms with van der Waals surface area (Å²) in [6.45, 7) is 0. The Labute approximate surface area is 151 Å². The molecule has 0 aromatic rings. The molecule has 0 spiro atoms. The Morgan fingerprint density at radius 2 is 1.23 bits per heavy atom. The minimum Gasteiger partial charge on any atom is -0.860 e. The van der Waals surface area contributed by atoms with Gasteiger partial charge in [0.1, 0.15) is 9.98 Å². The molecule has 0 aromatic carbocycles. The number of hydrogen-bond donors (Lipinski definition) is 0. The minimum atomic E-state index is -0.542. The molecule has 0 unspecified atom stereocenters. The molecule has 22 heavy (non-hydrogen) atoms. The molecule has 9 heteroatoms. The topological polar surface area (TPSA) is 77.3 Å². The van der Waals surface area contributed by atoms with Gasteiger partial charge < -0.3 is 10.2 Å². The molecule has 2 aliphatic carbocycles. The second-order valence-electron chi connectivity index (χ2n) is 5.44. The Hall–Kier alpha value is -0.761. The SMILES string of the molecule is CN(/N=C(\[O-])C/C([O-])=N/N(C)C(=S)C1CC1)C(=S)C1CC1.[Fe+2]. The quantitative estimate of drug-likeness (QED) is 0.213. The van der Waals surface area contributed by atoms with Crippen LogP contribution in [0.15, 0.2) is 10.2 Å². The van der Waals surface area contributed by atoms with Crippen molar-refractivity contribution in [2.24, 2.45) is 22.0 Å². The van der Waals surface area contributed by atoms with Crippen LogP contribution in [0, 0.1) is 11.8 Å². The van der Waals surface area contributed by atoms with Gasteiger partial charge in [-0.2, -0.15) is 10.2 Å². The van der Waals surface area contributed by atoms with Crippen LogP contribution in [-0.4, -0.2) is 45.9 Å². The first kappa shape index (κ1) is 19.3. The van der Waals surface area contributed by atoms with Crippen molar-refractivity contribution in [1.82, 2.24) is 10.0 Å². The maximum Gasteiger partial charge on any atom is 2.00 e. The van der Waals surface area contributed by atoms with Gasteiger partial charge in [-0.25, -0.2) is 0 Å². The van der Waals surface area contributed by atoms with Gasteiger partial charge in [0.25, 0.3) is 0 Å². The summed E-state index contributed by atoms with van der Waals surface area (Å²) in [5.74, 6) is -0.382. The Morgan fingerprint density at radius 3 is 1.50 bits per heavy atom. The van der Waals surface area contributed by atoms with Gasteiger partial charge in [-0.3, -0.25) is 10.0 Å². The van der Waals surface area contributed by atoms with E-state index in [0.29, 0.717) is 21.8 Å². The van der Waals surface area contributed by atoms with Crippen molar-refractivity contribution in [3.63, 3.8) is 0 Å². The summed E-state index contributed by atoms with van der Waals surface area (Å²) in [7, 11) is 3.27. The molecule has 122 valence electrons. The van der Waals surface area contributed by atoms with Crippen molar-refractivity contribution in [3.05, 3.63) is 0 Å². The maximum absolute atomic E-state index is 11.7. The van der Waals surface area contributed by atoms with Gasteiger partial charge in [-0.15, -0.1) is 0 Å². The Kier molecular flexibility index (Phi) is 7.18. The normalized spacial score (nSPS) is 18.5. The molecule has 0 saturated heterocycles. The van der Waals surface area contributed by atoms with Crippen LogP contribution in [-0.2, 0) is 17.1 Å². The molecule has 0 aliphatic heterocycles. The molecule has 0 bridgehead atoms. The molecule has 0 heterocycles. The van der Waals surface area contributed by atoms with Gasteiger partial charge >= 0.3 is 17.1 Å². The summed E-state index contributed by atoms with van der Waals surface area (Å²) in [5, 5.41) is 33.8. The molecule has 0 atom stereocenters. The van der Waals surface area contributed by atoms with Crippen LogP contribution in [0.2, 0.25) is 0 Å². The van der Waals surface area contributed by atoms with Gasteiger partial charge in [0, 0.05) is 32.4 Å². The molecule has 2 fully saturated rings. The first-order chi connectivity index (χ1) is 9.88. The fraction of sp³-hybridized carbons (Fsp3) is 0.692. The van der Waals surface area contributed by atoms with E-state index < -0.39 is 11.8 Å². The van der Waals surface area contributed by atoms with Crippen molar-refractivity contribution in [2.45, 2.75) is 32.1 Å². The van der Waals surface area contributed by atoms with E-state index in [9.17, 15) is 10.2 Å². The molecule has 2 aliphatic rings. The zero-order valence-electron chi connectivity index (χ0n) is 12.5. The second kappa shape index (κ2) is 8.19. The molecular weight excluding hydrogens is 364 g/mol. The van der Waals surface area contributed by atoms with Gasteiger partial charge in [0.05, 0.1) is 0 Å². The average molecular weight is 382 g/mol. The van der Waals surface area contributed by atoms with Crippen molar-refractivity contribution < 1.29 is 27.3 Å². The summed E-state index contributed by atoms with van der Waals surface area (Å²) in [5.41, 5.74) is 0. The first-order valence-electron chi connectivity index (χ1n) is 6.92. The van der Waals surface area contributed by atoms with E-state index in [4.69, 9.17) is 24.4 Å². The third-order valence-electron chi connectivity index (χ3n) is 3.32. The van der Waals surface area contributed by atoms with E-state index in [2.05, 4.69) is 10.2 Å². The predicted molar refractivity (Wildman–Crippen MR) is 85.7 cm³/mol. The van der Waals surface area contributed by atoms with Crippen molar-refractivity contribution in [2.75, 3.05) is 14.1 Å². The Balaban J connectivity index is 0.00000242. The zero-order valence-corrected chi connectivity index (χ0v) is 15.2. The van der Waals surface area contributed by atoms with E-state index in [1.807, 2.05) is 0 Å². The smallest absolute Gasteiger partial charge is 0.860 e. The van der Waals surface area contributed by atoms with E-state index in [0.717, 1.165) is 25.7 Å². The van der Waals surface area contributed by atoms with Gasteiger partial charge in [-0.05, 0) is 37.5 Å². The predicted octanol–water partition coefficient (Wildman–Crippen LogP) is 0.0600. The van der Waals surface area contributed by atoms with E-state index >= 15 is 0 Å². The molecule has 6 nitrogen and oxygen atoms in total. The van der Waals surface area contributed by atoms with Gasteiger partial charge in [0.2, 0.25) is 0 Å². The van der Waals surface area contributed by atoms with Crippen LogP contribution < -0.4 is 10.2 Å². The molecule has 2 saturated carbocycles. The van der Waals surface area contributed by atoms with Crippen LogP contribution in [0.25, 0.3) is 0 Å². The standard InChI is InChI=1S/C13H20N4O2S2.Fe/c1-16(12(20)8-3-4-8)14-10(18)7-11(19)15-17(2)13(21)9-5-6-9;/h8-9H,3-7H2,1-2H3,(H,14,18)(H,15,19);/q;+2/p-2. The molecular formula is C13H18FeN4O2S2. The number of hydrogen-bond acceptors (Lipinski definition) is 6. The molecule has 0 N–H and O–H groups in total. The number of thiocarbonyl (C=S) groups is 2. The minimum absolute atomic E-state index is 0. The van der Waals surface area contributed by atoms with Gasteiger partial charge in [0.15, 0.2) is 0 Å². The number of rotatable bonds is 6. The Bertz CT molecular complexity index is 460. The van der Waals surface area contributed by atoms with Crippen LogP contribution >= 0.6 is 24.4 Å². The summed E-state index contributed by atoms with van der Waals surface area (Å²) < 4.78 is 0. The molecule has 0 radical (unpaired) electrons. The van der Waals surface area contributed by atoms with Crippen LogP contribution in [0.1, 0.15) is 32.1 Å². The maximum atomic E-state index is 11.7. The van der Waals surface area contributed by atoms with Gasteiger partial charge in [-0.1, -0.05) is 24.4 Å². The average Bonchev–Trinajstić information content (AvgIpc) is 3.29. The number of hydrazone groups is 2. The number of nitrogens with zero attached hydrogens (tertiary/aromatic N) is 4. The summed E-state index contributed by atoms with van der Waals surface area (Å²) in [6, 6.07) is 0. The molecule has 0 aromatic heterocycles. The van der Waals surface area contributed by atoms with Crippen molar-refractivity contribution in [1.29, 1.82) is 0 Å². The third-order valence-corrected chi connectivity index (χ3v) is 4.51. The fourth-order valence-corrected chi connectivity index (χ4v) is 2.38. The van der Waals surface area contributed by atoms with Crippen LogP contribution in [0.3, 0.4) is 0 Å². The fourth-order valence-electron chi connectivity index (χ4n) is 1.82. The first-order valence-corrected chi connectivity index (χ1v) is 7.74. The van der Waals surface area contributed by atoms with E-state index in [1.165, 1.54) is 10.0 Å². The van der Waals surface area contributed by atoms with E-state index in [-0.39, 0.29) is 23.5 Å². The summed E-state index contributed by atoms with van der Waals surface area (Å²) in [4.78, 5) is 1.31. The van der Waals surface area contributed by atoms with Crippen molar-refractivity contribution >= 4 is 46.2 Å². The van der Waals surface area contributed by atoms with Crippen LogP contribution in [0.5, 0.6) is 0 Å². The summed E-state index contributed by atoms with van der Waals surface area (Å²) >= 11 is 10.4.